The van der Waals surface area contributed by atoms with Crippen LogP contribution in [0.1, 0.15) is 52.3 Å². The van der Waals surface area contributed by atoms with Gasteiger partial charge in [0.25, 0.3) is 0 Å². The number of rotatable bonds is 10. The fourth-order valence-corrected chi connectivity index (χ4v) is 14.9. The van der Waals surface area contributed by atoms with Gasteiger partial charge >= 0.3 is 0 Å². The molecule has 0 bridgehead atoms. The maximum absolute atomic E-state index is 2.50. The molecule has 0 amide bonds. The van der Waals surface area contributed by atoms with Crippen molar-refractivity contribution in [3.05, 3.63) is 366 Å². The third-order valence-corrected chi connectivity index (χ3v) is 18.4. The SMILES string of the molecule is C[C@@H]1CC(C2(c3ccccc3)c3ccccc3-c3ccccc32)=CC=C1N(c1ccc(-c2ccccc2)cc1)c1ccc(-c2ccc3c(c2)c2cc(C4(c5ccccc5)c5ccccc5-c5ccccc54)ccc2n3-c2ccccc2)cc1. The van der Waals surface area contributed by atoms with Crippen LogP contribution in [0.15, 0.2) is 327 Å². The molecule has 0 aliphatic heterocycles. The molecule has 2 heteroatoms. The molecular weight excluding hydrogens is 1000 g/mol. The topological polar surface area (TPSA) is 8.17 Å². The number of fused-ring (bicyclic) bond motifs is 9. The summed E-state index contributed by atoms with van der Waals surface area (Å²) in [5.74, 6) is 0.186. The minimum absolute atomic E-state index is 0.186. The molecule has 0 N–H and O–H groups in total. The molecule has 3 aliphatic carbocycles. The van der Waals surface area contributed by atoms with Gasteiger partial charge in [0.1, 0.15) is 0 Å². The van der Waals surface area contributed by atoms with Crippen molar-refractivity contribution in [2.45, 2.75) is 24.2 Å². The molecule has 1 aromatic heterocycles. The molecule has 12 aromatic carbocycles. The fourth-order valence-electron chi connectivity index (χ4n) is 14.9. The van der Waals surface area contributed by atoms with Gasteiger partial charge in [-0.25, -0.2) is 0 Å². The van der Waals surface area contributed by atoms with Crippen LogP contribution in [0.5, 0.6) is 0 Å². The predicted molar refractivity (Wildman–Crippen MR) is 346 cm³/mol. The van der Waals surface area contributed by atoms with E-state index in [1.807, 2.05) is 0 Å². The van der Waals surface area contributed by atoms with Crippen LogP contribution in [0.3, 0.4) is 0 Å². The molecule has 13 aromatic rings. The number of anilines is 2. The van der Waals surface area contributed by atoms with Crippen LogP contribution in [-0.2, 0) is 10.8 Å². The highest BCUT2D eigenvalue weighted by Gasteiger charge is 2.49. The summed E-state index contributed by atoms with van der Waals surface area (Å²) < 4.78 is 2.44. The van der Waals surface area contributed by atoms with Gasteiger partial charge in [-0.15, -0.1) is 0 Å². The van der Waals surface area contributed by atoms with Crippen molar-refractivity contribution < 1.29 is 0 Å². The summed E-state index contributed by atoms with van der Waals surface area (Å²) in [6.45, 7) is 2.42. The predicted octanol–water partition coefficient (Wildman–Crippen LogP) is 20.5. The maximum Gasteiger partial charge on any atom is 0.0713 e. The van der Waals surface area contributed by atoms with Gasteiger partial charge in [0.2, 0.25) is 0 Å². The van der Waals surface area contributed by atoms with E-state index in [9.17, 15) is 0 Å². The first-order valence-corrected chi connectivity index (χ1v) is 29.2. The molecule has 2 nitrogen and oxygen atoms in total. The smallest absolute Gasteiger partial charge is 0.0713 e. The van der Waals surface area contributed by atoms with E-state index in [2.05, 4.69) is 332 Å². The van der Waals surface area contributed by atoms with Crippen LogP contribution in [0, 0.1) is 5.92 Å². The normalized spacial score (nSPS) is 15.2. The van der Waals surface area contributed by atoms with Gasteiger partial charge in [0.05, 0.1) is 21.9 Å². The Morgan fingerprint density at radius 3 is 1.25 bits per heavy atom. The lowest BCUT2D eigenvalue weighted by Crippen LogP contribution is -2.33. The van der Waals surface area contributed by atoms with Gasteiger partial charge in [-0.05, 0) is 157 Å². The molecule has 392 valence electrons. The lowest BCUT2D eigenvalue weighted by atomic mass is 9.64. The number of hydrogen-bond acceptors (Lipinski definition) is 1. The van der Waals surface area contributed by atoms with Crippen LogP contribution in [0.2, 0.25) is 0 Å². The lowest BCUT2D eigenvalue weighted by Gasteiger charge is -2.40. The number of para-hydroxylation sites is 1. The zero-order chi connectivity index (χ0) is 55.1. The van der Waals surface area contributed by atoms with Crippen molar-refractivity contribution in [3.63, 3.8) is 0 Å². The highest BCUT2D eigenvalue weighted by atomic mass is 15.2. The lowest BCUT2D eigenvalue weighted by molar-refractivity contribution is 0.584. The molecule has 3 aliphatic rings. The summed E-state index contributed by atoms with van der Waals surface area (Å²) in [6.07, 6.45) is 5.77. The van der Waals surface area contributed by atoms with Crippen molar-refractivity contribution >= 4 is 33.2 Å². The Bertz CT molecular complexity index is 4590. The third kappa shape index (κ3) is 7.42. The first-order valence-electron chi connectivity index (χ1n) is 29.2. The summed E-state index contributed by atoms with van der Waals surface area (Å²) in [5.41, 5.74) is 26.7. The Morgan fingerprint density at radius 1 is 0.337 bits per heavy atom. The second-order valence-electron chi connectivity index (χ2n) is 22.7. The van der Waals surface area contributed by atoms with Crippen molar-refractivity contribution in [2.75, 3.05) is 4.90 Å². The van der Waals surface area contributed by atoms with Gasteiger partial charge < -0.3 is 9.47 Å². The second kappa shape index (κ2) is 19.5. The van der Waals surface area contributed by atoms with Crippen LogP contribution in [0.25, 0.3) is 72.0 Å². The highest BCUT2D eigenvalue weighted by Crippen LogP contribution is 2.59. The van der Waals surface area contributed by atoms with Gasteiger partial charge in [-0.3, -0.25) is 0 Å². The van der Waals surface area contributed by atoms with Crippen LogP contribution in [-0.4, -0.2) is 4.57 Å². The highest BCUT2D eigenvalue weighted by molar-refractivity contribution is 6.11. The standard InChI is InChI=1S/C81H58N2/c1-55-52-62(80(60-24-8-3-9-25-60)73-34-18-14-30-67(73)68-31-15-19-35-74(68)80)43-50-77(55)82(65-45-38-57(39-46-65)56-22-6-2-7-23-56)66-47-40-58(41-48-66)59-42-49-78-71(53-59)72-54-63(44-51-79(72)83(78)64-28-12-5-13-29-64)81(61-26-10-4-11-27-61)75-36-20-16-32-69(75)70-33-17-21-37-76(70)81/h2-51,53-55H,52H2,1H3/t55-/m1/s1. The first-order chi connectivity index (χ1) is 41.1. The number of hydrogen-bond donors (Lipinski definition) is 0. The van der Waals surface area contributed by atoms with Crippen molar-refractivity contribution in [2.24, 2.45) is 5.92 Å². The first kappa shape index (κ1) is 48.6. The van der Waals surface area contributed by atoms with Gasteiger partial charge in [-0.1, -0.05) is 261 Å². The van der Waals surface area contributed by atoms with Crippen molar-refractivity contribution in [1.82, 2.24) is 4.57 Å². The summed E-state index contributed by atoms with van der Waals surface area (Å²) in [6, 6.07) is 113. The average Bonchev–Trinajstić information content (AvgIpc) is 2.00. The number of allylic oxidation sites excluding steroid dienone is 4. The Morgan fingerprint density at radius 2 is 0.735 bits per heavy atom. The zero-order valence-corrected chi connectivity index (χ0v) is 46.2. The largest absolute Gasteiger partial charge is 0.314 e. The molecule has 0 spiro atoms. The van der Waals surface area contributed by atoms with Crippen LogP contribution in [0.4, 0.5) is 11.4 Å². The van der Waals surface area contributed by atoms with Crippen LogP contribution >= 0.6 is 0 Å². The molecule has 0 radical (unpaired) electrons. The quantitative estimate of drug-likeness (QED) is 0.133. The Kier molecular flexibility index (Phi) is 11.4. The molecule has 1 atom stereocenters. The molecule has 0 unspecified atom stereocenters. The number of aromatic nitrogens is 1. The van der Waals surface area contributed by atoms with Gasteiger partial charge in [0.15, 0.2) is 0 Å². The maximum atomic E-state index is 2.50. The van der Waals surface area contributed by atoms with Gasteiger partial charge in [0, 0.05) is 39.4 Å². The minimum atomic E-state index is -0.510. The zero-order valence-electron chi connectivity index (χ0n) is 46.2. The van der Waals surface area contributed by atoms with E-state index in [0.29, 0.717) is 0 Å². The van der Waals surface area contributed by atoms with E-state index >= 15 is 0 Å². The summed E-state index contributed by atoms with van der Waals surface area (Å²) >= 11 is 0. The van der Waals surface area contributed by atoms with E-state index in [4.69, 9.17) is 0 Å². The Hall–Kier alpha value is -10.3. The van der Waals surface area contributed by atoms with E-state index in [1.54, 1.807) is 0 Å². The molecule has 83 heavy (non-hydrogen) atoms. The van der Waals surface area contributed by atoms with Crippen LogP contribution < -0.4 is 4.90 Å². The average molecular weight is 1060 g/mol. The minimum Gasteiger partial charge on any atom is -0.314 e. The third-order valence-electron chi connectivity index (χ3n) is 18.4. The molecule has 0 fully saturated rings. The molecule has 0 saturated carbocycles. The summed E-state index contributed by atoms with van der Waals surface area (Å²) in [4.78, 5) is 2.50. The molecule has 1 heterocycles. The van der Waals surface area contributed by atoms with E-state index < -0.39 is 10.8 Å². The monoisotopic (exact) mass is 1060 g/mol. The van der Waals surface area contributed by atoms with E-state index in [0.717, 1.165) is 23.5 Å². The number of nitrogens with zero attached hydrogens (tertiary/aromatic N) is 2. The van der Waals surface area contributed by atoms with Crippen molar-refractivity contribution in [3.8, 4) is 50.2 Å². The second-order valence-corrected chi connectivity index (χ2v) is 22.7. The van der Waals surface area contributed by atoms with E-state index in [-0.39, 0.29) is 5.92 Å². The Labute approximate surface area is 485 Å². The fraction of sp³-hybridized carbons (Fsp3) is 0.0617. The number of benzene rings is 12. The molecule has 16 rings (SSSR count). The van der Waals surface area contributed by atoms with Crippen molar-refractivity contribution in [1.29, 1.82) is 0 Å². The summed E-state index contributed by atoms with van der Waals surface area (Å²) in [7, 11) is 0. The van der Waals surface area contributed by atoms with E-state index in [1.165, 1.54) is 117 Å². The molecular formula is C81H58N2. The molecule has 0 saturated heterocycles. The Balaban J connectivity index is 0.840. The summed E-state index contributed by atoms with van der Waals surface area (Å²) in [5, 5.41) is 2.45. The van der Waals surface area contributed by atoms with Gasteiger partial charge in [-0.2, -0.15) is 0 Å².